The predicted octanol–water partition coefficient (Wildman–Crippen LogP) is 3.70. The molecule has 0 spiro atoms. The molecule has 1 unspecified atom stereocenters. The average Bonchev–Trinajstić information content (AvgIpc) is 2.85. The first-order chi connectivity index (χ1) is 8.99. The Hall–Kier alpha value is -1.22. The van der Waals surface area contributed by atoms with Gasteiger partial charge in [-0.3, -0.25) is 4.79 Å². The molecule has 0 bridgehead atoms. The smallest absolute Gasteiger partial charge is 0.133 e. The fraction of sp³-hybridized carbons (Fsp3) is 0.438. The Labute approximate surface area is 117 Å². The Morgan fingerprint density at radius 2 is 1.95 bits per heavy atom. The maximum absolute atomic E-state index is 12.1. The van der Waals surface area contributed by atoms with Gasteiger partial charge in [0.15, 0.2) is 0 Å². The molecule has 1 aromatic carbocycles. The zero-order valence-electron chi connectivity index (χ0n) is 11.5. The van der Waals surface area contributed by atoms with Gasteiger partial charge in [0, 0.05) is 23.1 Å². The first kappa shape index (κ1) is 14.2. The zero-order valence-corrected chi connectivity index (χ0v) is 12.3. The molecule has 0 saturated heterocycles. The Morgan fingerprint density at radius 1 is 1.26 bits per heavy atom. The molecule has 0 aliphatic heterocycles. The van der Waals surface area contributed by atoms with Crippen LogP contribution < -0.4 is 0 Å². The average molecular weight is 276 g/mol. The van der Waals surface area contributed by atoms with E-state index in [1.807, 2.05) is 36.4 Å². The lowest BCUT2D eigenvalue weighted by Crippen LogP contribution is -2.19. The summed E-state index contributed by atoms with van der Waals surface area (Å²) in [4.78, 5) is 12.2. The lowest BCUT2D eigenvalue weighted by Gasteiger charge is -2.27. The summed E-state index contributed by atoms with van der Waals surface area (Å²) in [5, 5.41) is 1.76. The molecular formula is C16H20O2S. The number of hydrogen-bond donors (Lipinski definition) is 0. The molecule has 0 radical (unpaired) electrons. The van der Waals surface area contributed by atoms with Crippen molar-refractivity contribution in [2.24, 2.45) is 11.3 Å². The summed E-state index contributed by atoms with van der Waals surface area (Å²) in [7, 11) is -1.10. The van der Waals surface area contributed by atoms with Gasteiger partial charge in [0.25, 0.3) is 0 Å². The summed E-state index contributed by atoms with van der Waals surface area (Å²) in [5.41, 5.74) is -0.0728. The molecule has 1 aromatic rings. The van der Waals surface area contributed by atoms with E-state index in [9.17, 15) is 9.00 Å². The number of Topliss-reactive ketones (excluding diaryl/α,β-unsaturated/α-hetero) is 1. The predicted molar refractivity (Wildman–Crippen MR) is 78.1 cm³/mol. The zero-order chi connectivity index (χ0) is 13.9. The van der Waals surface area contributed by atoms with Crippen molar-refractivity contribution in [1.29, 1.82) is 0 Å². The van der Waals surface area contributed by atoms with E-state index in [2.05, 4.69) is 13.8 Å². The molecule has 1 fully saturated rings. The van der Waals surface area contributed by atoms with Crippen LogP contribution >= 0.6 is 0 Å². The number of carbonyl (C=O) groups excluding carboxylic acids is 1. The fourth-order valence-electron chi connectivity index (χ4n) is 2.46. The molecule has 1 aliphatic carbocycles. The Morgan fingerprint density at radius 3 is 2.53 bits per heavy atom. The highest BCUT2D eigenvalue weighted by atomic mass is 32.2. The number of carbonyl (C=O) groups is 1. The molecule has 0 amide bonds. The van der Waals surface area contributed by atoms with Crippen LogP contribution in [-0.4, -0.2) is 9.99 Å². The van der Waals surface area contributed by atoms with Crippen LogP contribution in [-0.2, 0) is 15.6 Å². The van der Waals surface area contributed by atoms with Crippen LogP contribution in [0, 0.1) is 11.3 Å². The van der Waals surface area contributed by atoms with E-state index in [1.165, 1.54) is 0 Å². The fourth-order valence-corrected chi connectivity index (χ4v) is 3.51. The van der Waals surface area contributed by atoms with Crippen LogP contribution in [0.25, 0.3) is 0 Å². The van der Waals surface area contributed by atoms with Gasteiger partial charge < -0.3 is 0 Å². The van der Waals surface area contributed by atoms with Gasteiger partial charge in [-0.15, -0.1) is 0 Å². The van der Waals surface area contributed by atoms with Crippen molar-refractivity contribution in [1.82, 2.24) is 0 Å². The molecular weight excluding hydrogens is 256 g/mol. The second-order valence-electron chi connectivity index (χ2n) is 5.71. The van der Waals surface area contributed by atoms with Crippen molar-refractivity contribution >= 4 is 16.6 Å². The quantitative estimate of drug-likeness (QED) is 0.840. The Bertz CT molecular complexity index is 503. The molecule has 1 saturated carbocycles. The number of benzene rings is 1. The Balaban J connectivity index is 2.05. The van der Waals surface area contributed by atoms with Crippen LogP contribution in [0.3, 0.4) is 0 Å². The van der Waals surface area contributed by atoms with Crippen molar-refractivity contribution < 1.29 is 9.00 Å². The molecule has 0 N–H and O–H groups in total. The summed E-state index contributed by atoms with van der Waals surface area (Å²) in [6, 6.07) is 9.43. The van der Waals surface area contributed by atoms with Gasteiger partial charge in [0.05, 0.1) is 10.8 Å². The van der Waals surface area contributed by atoms with Crippen LogP contribution in [0.1, 0.15) is 33.1 Å². The molecule has 2 nitrogen and oxygen atoms in total. The Kier molecular flexibility index (Phi) is 4.35. The van der Waals surface area contributed by atoms with Gasteiger partial charge in [-0.2, -0.15) is 0 Å². The minimum atomic E-state index is -1.10. The summed E-state index contributed by atoms with van der Waals surface area (Å²) < 4.78 is 12.1. The summed E-state index contributed by atoms with van der Waals surface area (Å²) >= 11 is 0. The number of ketones is 1. The topological polar surface area (TPSA) is 34.1 Å². The summed E-state index contributed by atoms with van der Waals surface area (Å²) in [6.45, 7) is 4.24. The second-order valence-corrected chi connectivity index (χ2v) is 7.05. The maximum Gasteiger partial charge on any atom is 0.133 e. The highest BCUT2D eigenvalue weighted by Gasteiger charge is 2.33. The van der Waals surface area contributed by atoms with Crippen molar-refractivity contribution in [2.75, 3.05) is 0 Å². The van der Waals surface area contributed by atoms with E-state index >= 15 is 0 Å². The molecule has 2 rings (SSSR count). The second kappa shape index (κ2) is 5.83. The largest absolute Gasteiger partial charge is 0.300 e. The highest BCUT2D eigenvalue weighted by molar-refractivity contribution is 7.88. The van der Waals surface area contributed by atoms with Gasteiger partial charge in [-0.1, -0.05) is 38.1 Å². The van der Waals surface area contributed by atoms with E-state index in [0.29, 0.717) is 24.5 Å². The van der Waals surface area contributed by atoms with Crippen LogP contribution in [0.15, 0.2) is 46.7 Å². The van der Waals surface area contributed by atoms with Gasteiger partial charge >= 0.3 is 0 Å². The monoisotopic (exact) mass is 276 g/mol. The van der Waals surface area contributed by atoms with Gasteiger partial charge in [-0.05, 0) is 29.9 Å². The molecule has 2 atom stereocenters. The van der Waals surface area contributed by atoms with Crippen LogP contribution in [0.4, 0.5) is 0 Å². The molecule has 0 heterocycles. The van der Waals surface area contributed by atoms with Crippen molar-refractivity contribution in [3.63, 3.8) is 0 Å². The lowest BCUT2D eigenvalue weighted by atomic mass is 9.78. The minimum absolute atomic E-state index is 0.0728. The summed E-state index contributed by atoms with van der Waals surface area (Å²) in [5.74, 6) is 0.736. The molecule has 19 heavy (non-hydrogen) atoms. The maximum atomic E-state index is 12.1. The van der Waals surface area contributed by atoms with Gasteiger partial charge in [-0.25, -0.2) is 4.21 Å². The first-order valence-corrected chi connectivity index (χ1v) is 7.87. The minimum Gasteiger partial charge on any atom is -0.300 e. The summed E-state index contributed by atoms with van der Waals surface area (Å²) in [6.07, 6.45) is 4.33. The van der Waals surface area contributed by atoms with E-state index in [0.717, 1.165) is 11.3 Å². The lowest BCUT2D eigenvalue weighted by molar-refractivity contribution is -0.117. The number of rotatable bonds is 4. The van der Waals surface area contributed by atoms with Gasteiger partial charge in [0.1, 0.15) is 5.78 Å². The molecule has 102 valence electrons. The van der Waals surface area contributed by atoms with Crippen LogP contribution in [0.5, 0.6) is 0 Å². The van der Waals surface area contributed by atoms with E-state index < -0.39 is 10.8 Å². The molecule has 0 aromatic heterocycles. The van der Waals surface area contributed by atoms with E-state index in [4.69, 9.17) is 0 Å². The van der Waals surface area contributed by atoms with E-state index in [1.54, 1.807) is 5.41 Å². The number of allylic oxidation sites excluding steroid dienone is 1. The normalized spacial score (nSPS) is 22.0. The third-order valence-electron chi connectivity index (χ3n) is 3.89. The third-order valence-corrected chi connectivity index (χ3v) is 5.01. The van der Waals surface area contributed by atoms with E-state index in [-0.39, 0.29) is 5.41 Å². The third kappa shape index (κ3) is 3.63. The van der Waals surface area contributed by atoms with Crippen molar-refractivity contribution in [3.05, 3.63) is 41.8 Å². The number of hydrogen-bond acceptors (Lipinski definition) is 2. The highest BCUT2D eigenvalue weighted by Crippen LogP contribution is 2.39. The molecule has 1 aliphatic rings. The van der Waals surface area contributed by atoms with Crippen molar-refractivity contribution in [3.8, 4) is 0 Å². The standard InChI is InChI=1S/C16H20O2S/c1-16(2,13-8-9-14(17)12-13)10-11-19(18)15-6-4-3-5-7-15/h3-7,10-11,13H,8-9,12H2,1-2H3/b11-10+/t13-,19?/m0/s1. The van der Waals surface area contributed by atoms with Crippen molar-refractivity contribution in [2.45, 2.75) is 38.0 Å². The first-order valence-electron chi connectivity index (χ1n) is 6.66. The SMILES string of the molecule is CC(C)(/C=C/S(=O)c1ccccc1)[C@H]1CCC(=O)C1. The van der Waals surface area contributed by atoms with Crippen LogP contribution in [0.2, 0.25) is 0 Å². The molecule has 3 heteroatoms. The van der Waals surface area contributed by atoms with Gasteiger partial charge in [0.2, 0.25) is 0 Å².